The Labute approximate surface area is 117 Å². The number of hydrogen-bond donors (Lipinski definition) is 1. The number of carboxylic acids is 1. The maximum Gasteiger partial charge on any atom is 0.308 e. The molecule has 1 amide bonds. The van der Waals surface area contributed by atoms with Crippen molar-refractivity contribution in [3.05, 3.63) is 22.4 Å². The molecule has 1 fully saturated rings. The molecule has 1 aromatic heterocycles. The zero-order chi connectivity index (χ0) is 13.8. The molecular weight excluding hydrogens is 262 g/mol. The summed E-state index contributed by atoms with van der Waals surface area (Å²) in [4.78, 5) is 26.1. The van der Waals surface area contributed by atoms with E-state index in [-0.39, 0.29) is 11.8 Å². The Balaban J connectivity index is 1.89. The second-order valence-electron chi connectivity index (χ2n) is 5.25. The number of carboxylic acid groups (broad SMARTS) is 1. The molecule has 2 unspecified atom stereocenters. The minimum Gasteiger partial charge on any atom is -0.481 e. The first-order valence-electron chi connectivity index (χ1n) is 6.59. The summed E-state index contributed by atoms with van der Waals surface area (Å²) in [5, 5.41) is 11.1. The highest BCUT2D eigenvalue weighted by Crippen LogP contribution is 2.23. The molecule has 2 rings (SSSR count). The van der Waals surface area contributed by atoms with E-state index in [1.54, 1.807) is 16.2 Å². The fraction of sp³-hybridized carbons (Fsp3) is 0.571. The van der Waals surface area contributed by atoms with Crippen LogP contribution in [0.15, 0.2) is 17.5 Å². The molecule has 0 saturated carbocycles. The highest BCUT2D eigenvalue weighted by molar-refractivity contribution is 7.09. The van der Waals surface area contributed by atoms with Crippen LogP contribution >= 0.6 is 11.3 Å². The number of hydrogen-bond acceptors (Lipinski definition) is 3. The van der Waals surface area contributed by atoms with Crippen molar-refractivity contribution in [3.8, 4) is 0 Å². The summed E-state index contributed by atoms with van der Waals surface area (Å²) < 4.78 is 0. The summed E-state index contributed by atoms with van der Waals surface area (Å²) in [6, 6.07) is 4.00. The topological polar surface area (TPSA) is 57.6 Å². The number of likely N-dealkylation sites (tertiary alicyclic amines) is 1. The van der Waals surface area contributed by atoms with E-state index in [4.69, 9.17) is 5.11 Å². The van der Waals surface area contributed by atoms with Gasteiger partial charge in [-0.25, -0.2) is 0 Å². The Bertz CT molecular complexity index is 444. The molecule has 1 aliphatic heterocycles. The summed E-state index contributed by atoms with van der Waals surface area (Å²) in [7, 11) is 0. The monoisotopic (exact) mass is 281 g/mol. The first-order chi connectivity index (χ1) is 9.06. The molecule has 4 nitrogen and oxygen atoms in total. The van der Waals surface area contributed by atoms with Gasteiger partial charge in [-0.3, -0.25) is 9.59 Å². The molecule has 0 bridgehead atoms. The largest absolute Gasteiger partial charge is 0.481 e. The van der Waals surface area contributed by atoms with Gasteiger partial charge >= 0.3 is 5.97 Å². The molecule has 1 saturated heterocycles. The van der Waals surface area contributed by atoms with E-state index in [0.717, 1.165) is 6.42 Å². The van der Waals surface area contributed by atoms with Crippen molar-refractivity contribution in [2.75, 3.05) is 13.1 Å². The van der Waals surface area contributed by atoms with Crippen molar-refractivity contribution < 1.29 is 14.7 Å². The molecule has 2 atom stereocenters. The quantitative estimate of drug-likeness (QED) is 0.921. The number of rotatable bonds is 4. The Hall–Kier alpha value is -1.36. The van der Waals surface area contributed by atoms with Gasteiger partial charge in [0, 0.05) is 24.4 Å². The summed E-state index contributed by atoms with van der Waals surface area (Å²) in [5.74, 6) is -0.858. The Morgan fingerprint density at radius 1 is 1.47 bits per heavy atom. The third-order valence-corrected chi connectivity index (χ3v) is 4.46. The lowest BCUT2D eigenvalue weighted by Crippen LogP contribution is -2.45. The van der Waals surface area contributed by atoms with Gasteiger partial charge < -0.3 is 10.0 Å². The third kappa shape index (κ3) is 3.80. The van der Waals surface area contributed by atoms with Crippen molar-refractivity contribution in [3.63, 3.8) is 0 Å². The van der Waals surface area contributed by atoms with Crippen LogP contribution in [-0.2, 0) is 16.0 Å². The van der Waals surface area contributed by atoms with Gasteiger partial charge in [0.1, 0.15) is 0 Å². The lowest BCUT2D eigenvalue weighted by Gasteiger charge is -2.34. The maximum absolute atomic E-state index is 12.1. The van der Waals surface area contributed by atoms with E-state index < -0.39 is 11.9 Å². The molecule has 0 aliphatic carbocycles. The van der Waals surface area contributed by atoms with Gasteiger partial charge in [0.2, 0.25) is 5.91 Å². The van der Waals surface area contributed by atoms with Crippen LogP contribution in [0.1, 0.15) is 24.6 Å². The second-order valence-corrected chi connectivity index (χ2v) is 6.29. The molecule has 0 spiro atoms. The van der Waals surface area contributed by atoms with E-state index in [1.807, 2.05) is 24.4 Å². The minimum absolute atomic E-state index is 0.0752. The standard InChI is InChI=1S/C14H19NO3S/c1-10-7-11(14(17)18)9-15(8-10)13(16)5-4-12-3-2-6-19-12/h2-3,6,10-11H,4-5,7-9H2,1H3,(H,17,18). The number of carbonyl (C=O) groups is 2. The normalized spacial score (nSPS) is 23.3. The number of aliphatic carboxylic acids is 1. The molecule has 2 heterocycles. The molecule has 0 radical (unpaired) electrons. The lowest BCUT2D eigenvalue weighted by molar-refractivity contribution is -0.146. The van der Waals surface area contributed by atoms with Crippen LogP contribution in [0.3, 0.4) is 0 Å². The van der Waals surface area contributed by atoms with Crippen LogP contribution in [0.5, 0.6) is 0 Å². The predicted octanol–water partition coefficient (Wildman–Crippen LogP) is 2.25. The van der Waals surface area contributed by atoms with E-state index in [2.05, 4.69) is 0 Å². The van der Waals surface area contributed by atoms with Crippen molar-refractivity contribution in [2.45, 2.75) is 26.2 Å². The number of thiophene rings is 1. The number of nitrogens with zero attached hydrogens (tertiary/aromatic N) is 1. The van der Waals surface area contributed by atoms with Crippen molar-refractivity contribution in [1.82, 2.24) is 4.90 Å². The molecule has 1 aliphatic rings. The van der Waals surface area contributed by atoms with E-state index in [9.17, 15) is 9.59 Å². The van der Waals surface area contributed by atoms with Gasteiger partial charge in [-0.1, -0.05) is 13.0 Å². The van der Waals surface area contributed by atoms with Crippen LogP contribution < -0.4 is 0 Å². The van der Waals surface area contributed by atoms with Crippen LogP contribution in [0.2, 0.25) is 0 Å². The summed E-state index contributed by atoms with van der Waals surface area (Å²) in [6.07, 6.45) is 1.89. The first kappa shape index (κ1) is 14.1. The summed E-state index contributed by atoms with van der Waals surface area (Å²) in [6.45, 7) is 3.06. The van der Waals surface area contributed by atoms with Gasteiger partial charge in [-0.05, 0) is 30.2 Å². The highest BCUT2D eigenvalue weighted by Gasteiger charge is 2.31. The van der Waals surface area contributed by atoms with E-state index in [0.29, 0.717) is 25.9 Å². The van der Waals surface area contributed by atoms with Gasteiger partial charge in [0.25, 0.3) is 0 Å². The van der Waals surface area contributed by atoms with Gasteiger partial charge in [-0.2, -0.15) is 0 Å². The van der Waals surface area contributed by atoms with Crippen molar-refractivity contribution >= 4 is 23.2 Å². The number of aryl methyl sites for hydroxylation is 1. The number of carbonyl (C=O) groups excluding carboxylic acids is 1. The van der Waals surface area contributed by atoms with Gasteiger partial charge in [0.15, 0.2) is 0 Å². The zero-order valence-corrected chi connectivity index (χ0v) is 11.9. The maximum atomic E-state index is 12.1. The van der Waals surface area contributed by atoms with Crippen LogP contribution in [0.25, 0.3) is 0 Å². The fourth-order valence-electron chi connectivity index (χ4n) is 2.58. The Morgan fingerprint density at radius 2 is 2.26 bits per heavy atom. The SMILES string of the molecule is CC1CC(C(=O)O)CN(C(=O)CCc2cccs2)C1. The van der Waals surface area contributed by atoms with Crippen molar-refractivity contribution in [1.29, 1.82) is 0 Å². The first-order valence-corrected chi connectivity index (χ1v) is 7.47. The van der Waals surface area contributed by atoms with Gasteiger partial charge in [-0.15, -0.1) is 11.3 Å². The Kier molecular flexibility index (Phi) is 4.58. The smallest absolute Gasteiger partial charge is 0.308 e. The zero-order valence-electron chi connectivity index (χ0n) is 11.0. The number of amides is 1. The molecule has 0 aromatic carbocycles. The predicted molar refractivity (Wildman–Crippen MR) is 74.1 cm³/mol. The van der Waals surface area contributed by atoms with Gasteiger partial charge in [0.05, 0.1) is 5.92 Å². The molecule has 19 heavy (non-hydrogen) atoms. The third-order valence-electron chi connectivity index (χ3n) is 3.53. The molecule has 1 aromatic rings. The summed E-state index contributed by atoms with van der Waals surface area (Å²) in [5.41, 5.74) is 0. The average Bonchev–Trinajstić information content (AvgIpc) is 2.88. The summed E-state index contributed by atoms with van der Waals surface area (Å²) >= 11 is 1.65. The van der Waals surface area contributed by atoms with E-state index in [1.165, 1.54) is 4.88 Å². The lowest BCUT2D eigenvalue weighted by atomic mass is 9.90. The molecule has 1 N–H and O–H groups in total. The number of piperidine rings is 1. The molecule has 104 valence electrons. The average molecular weight is 281 g/mol. The van der Waals surface area contributed by atoms with E-state index >= 15 is 0 Å². The fourth-order valence-corrected chi connectivity index (χ4v) is 3.29. The van der Waals surface area contributed by atoms with Crippen LogP contribution in [-0.4, -0.2) is 35.0 Å². The second kappa shape index (κ2) is 6.19. The highest BCUT2D eigenvalue weighted by atomic mass is 32.1. The molecule has 5 heteroatoms. The molecular formula is C14H19NO3S. The van der Waals surface area contributed by atoms with Crippen LogP contribution in [0.4, 0.5) is 0 Å². The van der Waals surface area contributed by atoms with Crippen LogP contribution in [0, 0.1) is 11.8 Å². The Morgan fingerprint density at radius 3 is 2.89 bits per heavy atom. The minimum atomic E-state index is -0.789. The van der Waals surface area contributed by atoms with Crippen molar-refractivity contribution in [2.24, 2.45) is 11.8 Å².